The number of fused-ring (bicyclic) bond motifs is 2. The summed E-state index contributed by atoms with van der Waals surface area (Å²) in [6.07, 6.45) is 10.4. The van der Waals surface area contributed by atoms with Crippen LogP contribution in [0.3, 0.4) is 0 Å². The van der Waals surface area contributed by atoms with E-state index < -0.39 is 0 Å². The van der Waals surface area contributed by atoms with Crippen LogP contribution in [0.5, 0.6) is 0 Å². The van der Waals surface area contributed by atoms with Gasteiger partial charge < -0.3 is 4.90 Å². The number of nitrogens with zero attached hydrogens (tertiary/aromatic N) is 3. The first kappa shape index (κ1) is 12.1. The van der Waals surface area contributed by atoms with Crippen molar-refractivity contribution in [3.63, 3.8) is 0 Å². The molecule has 2 bridgehead atoms. The van der Waals surface area contributed by atoms with E-state index in [1.807, 2.05) is 6.92 Å². The van der Waals surface area contributed by atoms with Crippen molar-refractivity contribution in [1.82, 2.24) is 14.9 Å². The molecule has 2 unspecified atom stereocenters. The van der Waals surface area contributed by atoms with Gasteiger partial charge in [-0.05, 0) is 45.4 Å². The number of allylic oxidation sites excluding steroid dienone is 1. The van der Waals surface area contributed by atoms with Crippen LogP contribution in [0, 0.1) is 6.92 Å². The normalized spacial score (nSPS) is 27.9. The molecule has 4 rings (SSSR count). The number of hydrogen-bond donors (Lipinski definition) is 0. The molecule has 3 aliphatic rings. The highest BCUT2D eigenvalue weighted by Gasteiger charge is 2.43. The Labute approximate surface area is 118 Å². The predicted molar refractivity (Wildman–Crippen MR) is 75.2 cm³/mol. The lowest BCUT2D eigenvalue weighted by Crippen LogP contribution is -2.45. The molecule has 1 aromatic rings. The number of hydrogen-bond acceptors (Lipinski definition) is 3. The number of carbonyl (C=O) groups excluding carboxylic acids is 1. The summed E-state index contributed by atoms with van der Waals surface area (Å²) in [5, 5.41) is 0. The van der Waals surface area contributed by atoms with E-state index in [0.29, 0.717) is 17.8 Å². The van der Waals surface area contributed by atoms with Gasteiger partial charge >= 0.3 is 0 Å². The molecule has 3 fully saturated rings. The lowest BCUT2D eigenvalue weighted by atomic mass is 9.95. The molecule has 1 saturated carbocycles. The van der Waals surface area contributed by atoms with E-state index in [9.17, 15) is 4.79 Å². The first-order valence-corrected chi connectivity index (χ1v) is 7.53. The van der Waals surface area contributed by atoms with Crippen molar-refractivity contribution in [1.29, 1.82) is 0 Å². The highest BCUT2D eigenvalue weighted by molar-refractivity contribution is 5.92. The number of amides is 1. The molecule has 0 N–H and O–H groups in total. The Kier molecular flexibility index (Phi) is 2.65. The number of carbonyl (C=O) groups is 1. The molecule has 104 valence electrons. The van der Waals surface area contributed by atoms with E-state index in [1.165, 1.54) is 12.8 Å². The van der Waals surface area contributed by atoms with E-state index >= 15 is 0 Å². The second kappa shape index (κ2) is 4.40. The highest BCUT2D eigenvalue weighted by Crippen LogP contribution is 2.44. The summed E-state index contributed by atoms with van der Waals surface area (Å²) in [6, 6.07) is 0.792. The van der Waals surface area contributed by atoms with Gasteiger partial charge in [-0.2, -0.15) is 0 Å². The number of aryl methyl sites for hydroxylation is 1. The Hall–Kier alpha value is -1.71. The first-order valence-electron chi connectivity index (χ1n) is 7.53. The van der Waals surface area contributed by atoms with Crippen LogP contribution in [0.25, 0.3) is 0 Å². The van der Waals surface area contributed by atoms with Crippen molar-refractivity contribution in [2.24, 2.45) is 0 Å². The average Bonchev–Trinajstić information content (AvgIpc) is 3.25. The summed E-state index contributed by atoms with van der Waals surface area (Å²) in [5.41, 5.74) is 4.67. The van der Waals surface area contributed by atoms with Crippen molar-refractivity contribution in [2.75, 3.05) is 0 Å². The lowest BCUT2D eigenvalue weighted by Gasteiger charge is -2.36. The summed E-state index contributed by atoms with van der Waals surface area (Å²) >= 11 is 0. The third-order valence-electron chi connectivity index (χ3n) is 4.82. The third-order valence-corrected chi connectivity index (χ3v) is 4.82. The molecule has 2 atom stereocenters. The molecule has 3 heterocycles. The monoisotopic (exact) mass is 269 g/mol. The van der Waals surface area contributed by atoms with E-state index in [-0.39, 0.29) is 5.91 Å². The van der Waals surface area contributed by atoms with Gasteiger partial charge in [-0.25, -0.2) is 4.98 Å². The van der Waals surface area contributed by atoms with Crippen molar-refractivity contribution in [3.8, 4) is 0 Å². The van der Waals surface area contributed by atoms with E-state index in [1.54, 1.807) is 23.5 Å². The van der Waals surface area contributed by atoms with Gasteiger partial charge in [-0.15, -0.1) is 0 Å². The Balaban J connectivity index is 1.59. The number of aromatic nitrogens is 2. The largest absolute Gasteiger partial charge is 0.331 e. The van der Waals surface area contributed by atoms with E-state index in [4.69, 9.17) is 0 Å². The van der Waals surface area contributed by atoms with Gasteiger partial charge in [0.15, 0.2) is 0 Å². The first-order chi connectivity index (χ1) is 9.72. The Morgan fingerprint density at radius 2 is 1.80 bits per heavy atom. The van der Waals surface area contributed by atoms with Gasteiger partial charge in [0, 0.05) is 18.3 Å². The fourth-order valence-corrected chi connectivity index (χ4v) is 3.69. The summed E-state index contributed by atoms with van der Waals surface area (Å²) in [6.45, 7) is 1.89. The number of piperidine rings is 1. The minimum Gasteiger partial charge on any atom is -0.331 e. The van der Waals surface area contributed by atoms with Crippen molar-refractivity contribution in [3.05, 3.63) is 34.9 Å². The Morgan fingerprint density at radius 1 is 1.10 bits per heavy atom. The van der Waals surface area contributed by atoms with Gasteiger partial charge in [0.05, 0.1) is 11.9 Å². The van der Waals surface area contributed by atoms with E-state index in [2.05, 4.69) is 14.9 Å². The van der Waals surface area contributed by atoms with Crippen LogP contribution in [0.15, 0.2) is 23.5 Å². The summed E-state index contributed by atoms with van der Waals surface area (Å²) < 4.78 is 0. The zero-order valence-electron chi connectivity index (χ0n) is 11.8. The topological polar surface area (TPSA) is 46.1 Å². The highest BCUT2D eigenvalue weighted by atomic mass is 16.2. The van der Waals surface area contributed by atoms with Gasteiger partial charge in [-0.3, -0.25) is 9.78 Å². The van der Waals surface area contributed by atoms with Crippen LogP contribution in [0.4, 0.5) is 0 Å². The van der Waals surface area contributed by atoms with Crippen molar-refractivity contribution in [2.45, 2.75) is 57.5 Å². The van der Waals surface area contributed by atoms with Crippen LogP contribution in [-0.2, 0) is 0 Å². The molecule has 0 spiro atoms. The van der Waals surface area contributed by atoms with Gasteiger partial charge in [0.25, 0.3) is 5.91 Å². The molecule has 1 amide bonds. The van der Waals surface area contributed by atoms with Crippen LogP contribution in [0.1, 0.15) is 54.7 Å². The van der Waals surface area contributed by atoms with Gasteiger partial charge in [-0.1, -0.05) is 11.1 Å². The third kappa shape index (κ3) is 1.94. The molecule has 0 aromatic carbocycles. The molecule has 1 aromatic heterocycles. The quantitative estimate of drug-likeness (QED) is 0.736. The molecular formula is C16H19N3O. The van der Waals surface area contributed by atoms with Crippen LogP contribution >= 0.6 is 0 Å². The number of rotatable bonds is 1. The zero-order valence-corrected chi connectivity index (χ0v) is 11.8. The molecule has 2 saturated heterocycles. The smallest absolute Gasteiger partial charge is 0.274 e. The molecule has 0 radical (unpaired) electrons. The Morgan fingerprint density at radius 3 is 2.35 bits per heavy atom. The summed E-state index contributed by atoms with van der Waals surface area (Å²) in [4.78, 5) is 23.2. The van der Waals surface area contributed by atoms with Crippen LogP contribution < -0.4 is 0 Å². The van der Waals surface area contributed by atoms with Crippen molar-refractivity contribution >= 4 is 5.91 Å². The predicted octanol–water partition coefficient (Wildman–Crippen LogP) is 2.64. The summed E-state index contributed by atoms with van der Waals surface area (Å²) in [5.74, 6) is 0.0739. The maximum atomic E-state index is 12.7. The molecular weight excluding hydrogens is 250 g/mol. The van der Waals surface area contributed by atoms with Crippen LogP contribution in [0.2, 0.25) is 0 Å². The minimum atomic E-state index is 0.0739. The fourth-order valence-electron chi connectivity index (χ4n) is 3.69. The molecule has 2 aliphatic heterocycles. The fraction of sp³-hybridized carbons (Fsp3) is 0.562. The zero-order chi connectivity index (χ0) is 13.7. The van der Waals surface area contributed by atoms with Gasteiger partial charge in [0.1, 0.15) is 5.69 Å². The maximum absolute atomic E-state index is 12.7. The Bertz CT molecular complexity index is 568. The van der Waals surface area contributed by atoms with Crippen LogP contribution in [-0.4, -0.2) is 32.9 Å². The van der Waals surface area contributed by atoms with Crippen molar-refractivity contribution < 1.29 is 4.79 Å². The molecule has 20 heavy (non-hydrogen) atoms. The SMILES string of the molecule is Cc1cnc(C(=O)N2C3CCC2CC(=C2CC2)C3)cn1. The maximum Gasteiger partial charge on any atom is 0.274 e. The molecule has 1 aliphatic carbocycles. The standard InChI is InChI=1S/C16H19N3O/c1-10-8-18-15(9-17-10)16(20)19-13-4-5-14(19)7-12(6-13)11-2-3-11/h8-9,13-14H,2-7H2,1H3. The van der Waals surface area contributed by atoms with Gasteiger partial charge in [0.2, 0.25) is 0 Å². The molecule has 4 heteroatoms. The second-order valence-corrected chi connectivity index (χ2v) is 6.26. The summed E-state index contributed by atoms with van der Waals surface area (Å²) in [7, 11) is 0. The van der Waals surface area contributed by atoms with E-state index in [0.717, 1.165) is 31.4 Å². The average molecular weight is 269 g/mol. The lowest BCUT2D eigenvalue weighted by molar-refractivity contribution is 0.0627. The second-order valence-electron chi connectivity index (χ2n) is 6.26. The minimum absolute atomic E-state index is 0.0739. The molecule has 4 nitrogen and oxygen atoms in total.